The first-order valence-corrected chi connectivity index (χ1v) is 10.2. The molecule has 7 nitrogen and oxygen atoms in total. The summed E-state index contributed by atoms with van der Waals surface area (Å²) in [6.07, 6.45) is 7.64. The van der Waals surface area contributed by atoms with E-state index in [1.165, 1.54) is 18.5 Å². The molecule has 4 rings (SSSR count). The number of hydrogen-bond acceptors (Lipinski definition) is 6. The standard InChI is InChI=1S/C24H23FN6O/c1-16(11-20(26)12-17-7-10-28-22(13-17)32-2)31-15-30-23(18-3-5-19(25)6-4-18)24(31)21-8-9-27-14-29-21/h3-10,13-16,26H,11-12H2,1-2H3. The second-order valence-corrected chi connectivity index (χ2v) is 7.49. The van der Waals surface area contributed by atoms with Gasteiger partial charge < -0.3 is 14.7 Å². The highest BCUT2D eigenvalue weighted by Gasteiger charge is 2.20. The number of benzene rings is 1. The van der Waals surface area contributed by atoms with E-state index in [-0.39, 0.29) is 11.9 Å². The van der Waals surface area contributed by atoms with Gasteiger partial charge in [-0.3, -0.25) is 0 Å². The molecule has 0 bridgehead atoms. The lowest BCUT2D eigenvalue weighted by molar-refractivity contribution is 0.397. The van der Waals surface area contributed by atoms with Gasteiger partial charge in [0, 0.05) is 48.6 Å². The van der Waals surface area contributed by atoms with Crippen LogP contribution in [0.4, 0.5) is 4.39 Å². The van der Waals surface area contributed by atoms with Crippen LogP contribution in [0.25, 0.3) is 22.6 Å². The Morgan fingerprint density at radius 3 is 2.62 bits per heavy atom. The molecular formula is C24H23FN6O. The molecule has 1 N–H and O–H groups in total. The summed E-state index contributed by atoms with van der Waals surface area (Å²) in [4.78, 5) is 17.2. The summed E-state index contributed by atoms with van der Waals surface area (Å²) in [6, 6.07) is 11.8. The maximum atomic E-state index is 13.4. The van der Waals surface area contributed by atoms with Gasteiger partial charge in [0.25, 0.3) is 0 Å². The van der Waals surface area contributed by atoms with E-state index in [1.807, 2.05) is 29.7 Å². The zero-order valence-corrected chi connectivity index (χ0v) is 17.9. The third-order valence-corrected chi connectivity index (χ3v) is 5.18. The van der Waals surface area contributed by atoms with Crippen molar-refractivity contribution in [2.45, 2.75) is 25.8 Å². The molecule has 1 aromatic carbocycles. The first-order chi connectivity index (χ1) is 15.5. The first-order valence-electron chi connectivity index (χ1n) is 10.2. The van der Waals surface area contributed by atoms with Crippen LogP contribution >= 0.6 is 0 Å². The molecular weight excluding hydrogens is 407 g/mol. The number of halogens is 1. The molecule has 1 unspecified atom stereocenters. The smallest absolute Gasteiger partial charge is 0.213 e. The van der Waals surface area contributed by atoms with Crippen LogP contribution in [0.15, 0.2) is 67.5 Å². The van der Waals surface area contributed by atoms with Crippen molar-refractivity contribution in [2.75, 3.05) is 7.11 Å². The van der Waals surface area contributed by atoms with Crippen LogP contribution in [0.1, 0.15) is 24.9 Å². The summed E-state index contributed by atoms with van der Waals surface area (Å²) in [5.74, 6) is 0.235. The highest BCUT2D eigenvalue weighted by Crippen LogP contribution is 2.33. The molecule has 3 aromatic heterocycles. The van der Waals surface area contributed by atoms with Gasteiger partial charge in [-0.2, -0.15) is 0 Å². The summed E-state index contributed by atoms with van der Waals surface area (Å²) in [5.41, 5.74) is 4.59. The fourth-order valence-electron chi connectivity index (χ4n) is 3.64. The van der Waals surface area contributed by atoms with Crippen molar-refractivity contribution in [2.24, 2.45) is 0 Å². The molecule has 0 aliphatic carbocycles. The maximum absolute atomic E-state index is 13.4. The van der Waals surface area contributed by atoms with E-state index in [2.05, 4.69) is 19.9 Å². The zero-order chi connectivity index (χ0) is 22.5. The average Bonchev–Trinajstić information content (AvgIpc) is 3.25. The van der Waals surface area contributed by atoms with Gasteiger partial charge in [-0.1, -0.05) is 0 Å². The number of aromatic nitrogens is 5. The lowest BCUT2D eigenvalue weighted by Crippen LogP contribution is -2.13. The SMILES string of the molecule is COc1cc(CC(=N)CC(C)n2cnc(-c3ccc(F)cc3)c2-c2ccncn2)ccn1. The van der Waals surface area contributed by atoms with Crippen molar-refractivity contribution < 1.29 is 9.13 Å². The molecule has 0 aliphatic rings. The minimum Gasteiger partial charge on any atom is -0.481 e. The van der Waals surface area contributed by atoms with Crippen molar-refractivity contribution in [3.05, 3.63) is 78.9 Å². The summed E-state index contributed by atoms with van der Waals surface area (Å²) in [5, 5.41) is 8.54. The van der Waals surface area contributed by atoms with Crippen LogP contribution in [0.2, 0.25) is 0 Å². The van der Waals surface area contributed by atoms with Gasteiger partial charge in [0.1, 0.15) is 12.1 Å². The Morgan fingerprint density at radius 1 is 1.09 bits per heavy atom. The minimum absolute atomic E-state index is 0.0436. The normalized spacial score (nSPS) is 11.8. The maximum Gasteiger partial charge on any atom is 0.213 e. The van der Waals surface area contributed by atoms with Crippen LogP contribution in [-0.2, 0) is 6.42 Å². The molecule has 0 aliphatic heterocycles. The zero-order valence-electron chi connectivity index (χ0n) is 17.9. The molecule has 0 amide bonds. The number of hydrogen-bond donors (Lipinski definition) is 1. The number of nitrogens with zero attached hydrogens (tertiary/aromatic N) is 5. The van der Waals surface area contributed by atoms with Crippen LogP contribution in [0.5, 0.6) is 5.88 Å². The summed E-state index contributed by atoms with van der Waals surface area (Å²) >= 11 is 0. The van der Waals surface area contributed by atoms with Crippen molar-refractivity contribution in [3.63, 3.8) is 0 Å². The van der Waals surface area contributed by atoms with E-state index < -0.39 is 0 Å². The number of ether oxygens (including phenoxy) is 1. The summed E-state index contributed by atoms with van der Waals surface area (Å²) in [6.45, 7) is 2.04. The topological polar surface area (TPSA) is 89.6 Å². The third-order valence-electron chi connectivity index (χ3n) is 5.18. The number of nitrogens with one attached hydrogen (secondary N) is 1. The van der Waals surface area contributed by atoms with Crippen molar-refractivity contribution in [1.29, 1.82) is 5.41 Å². The van der Waals surface area contributed by atoms with Gasteiger partial charge in [0.2, 0.25) is 5.88 Å². The van der Waals surface area contributed by atoms with E-state index in [9.17, 15) is 4.39 Å². The van der Waals surface area contributed by atoms with Gasteiger partial charge in [0.05, 0.1) is 30.5 Å². The minimum atomic E-state index is -0.300. The highest BCUT2D eigenvalue weighted by molar-refractivity contribution is 5.84. The van der Waals surface area contributed by atoms with Gasteiger partial charge in [-0.25, -0.2) is 24.3 Å². The van der Waals surface area contributed by atoms with Crippen LogP contribution < -0.4 is 4.74 Å². The van der Waals surface area contributed by atoms with Gasteiger partial charge in [-0.15, -0.1) is 0 Å². The molecule has 0 spiro atoms. The second kappa shape index (κ2) is 9.47. The fraction of sp³-hybridized carbons (Fsp3) is 0.208. The summed E-state index contributed by atoms with van der Waals surface area (Å²) in [7, 11) is 1.58. The monoisotopic (exact) mass is 430 g/mol. The van der Waals surface area contributed by atoms with E-state index in [0.29, 0.717) is 35.8 Å². The van der Waals surface area contributed by atoms with E-state index in [1.54, 1.807) is 38.0 Å². The average molecular weight is 430 g/mol. The van der Waals surface area contributed by atoms with Crippen LogP contribution in [0, 0.1) is 11.2 Å². The Bertz CT molecular complexity index is 1210. The highest BCUT2D eigenvalue weighted by atomic mass is 19.1. The Morgan fingerprint density at radius 2 is 1.91 bits per heavy atom. The molecule has 8 heteroatoms. The molecule has 0 saturated carbocycles. The number of imidazole rings is 1. The molecule has 3 heterocycles. The van der Waals surface area contributed by atoms with Crippen molar-refractivity contribution in [1.82, 2.24) is 24.5 Å². The van der Waals surface area contributed by atoms with Gasteiger partial charge in [-0.05, 0) is 48.9 Å². The van der Waals surface area contributed by atoms with Crippen LogP contribution in [-0.4, -0.2) is 37.3 Å². The molecule has 4 aromatic rings. The van der Waals surface area contributed by atoms with E-state index in [4.69, 9.17) is 10.1 Å². The molecule has 162 valence electrons. The van der Waals surface area contributed by atoms with Gasteiger partial charge in [0.15, 0.2) is 0 Å². The number of methoxy groups -OCH3 is 1. The lowest BCUT2D eigenvalue weighted by atomic mass is 10.0. The van der Waals surface area contributed by atoms with E-state index in [0.717, 1.165) is 16.8 Å². The Labute approximate surface area is 185 Å². The Balaban J connectivity index is 1.62. The van der Waals surface area contributed by atoms with Gasteiger partial charge >= 0.3 is 0 Å². The number of rotatable bonds is 8. The fourth-order valence-corrected chi connectivity index (χ4v) is 3.64. The quantitative estimate of drug-likeness (QED) is 0.407. The largest absolute Gasteiger partial charge is 0.481 e. The molecule has 1 atom stereocenters. The van der Waals surface area contributed by atoms with Crippen molar-refractivity contribution in [3.8, 4) is 28.5 Å². The molecule has 0 saturated heterocycles. The van der Waals surface area contributed by atoms with E-state index >= 15 is 0 Å². The second-order valence-electron chi connectivity index (χ2n) is 7.49. The Hall–Kier alpha value is -3.94. The van der Waals surface area contributed by atoms with Crippen molar-refractivity contribution >= 4 is 5.71 Å². The lowest BCUT2D eigenvalue weighted by Gasteiger charge is -2.18. The number of pyridine rings is 1. The Kier molecular flexibility index (Phi) is 6.30. The summed E-state index contributed by atoms with van der Waals surface area (Å²) < 4.78 is 20.6. The molecule has 32 heavy (non-hydrogen) atoms. The predicted molar refractivity (Wildman–Crippen MR) is 120 cm³/mol. The first kappa shape index (κ1) is 21.3. The van der Waals surface area contributed by atoms with Crippen LogP contribution in [0.3, 0.4) is 0 Å². The molecule has 0 radical (unpaired) electrons. The molecule has 0 fully saturated rings. The predicted octanol–water partition coefficient (Wildman–Crippen LogP) is 4.76. The third kappa shape index (κ3) is 4.69.